The van der Waals surface area contributed by atoms with Crippen LogP contribution in [-0.4, -0.2) is 44.4 Å². The van der Waals surface area contributed by atoms with E-state index in [0.29, 0.717) is 22.2 Å². The van der Waals surface area contributed by atoms with E-state index in [-0.39, 0.29) is 17.7 Å². The average molecular weight is 520 g/mol. The number of benzene rings is 2. The Hall–Kier alpha value is -4.12. The number of piperidine rings is 1. The minimum absolute atomic E-state index is 0.173. The van der Waals surface area contributed by atoms with Gasteiger partial charge >= 0.3 is 0 Å². The Balaban J connectivity index is 1.41. The molecular formula is C27H27F2N7O2. The number of aromatic nitrogens is 4. The Labute approximate surface area is 216 Å². The predicted octanol–water partition coefficient (Wildman–Crippen LogP) is 3.17. The lowest BCUT2D eigenvalue weighted by Crippen LogP contribution is -2.30. The molecule has 1 aliphatic carbocycles. The highest BCUT2D eigenvalue weighted by Gasteiger charge is 2.54. The van der Waals surface area contributed by atoms with Crippen molar-refractivity contribution in [1.82, 2.24) is 19.3 Å². The Morgan fingerprint density at radius 1 is 1.05 bits per heavy atom. The minimum Gasteiger partial charge on any atom is -0.367 e. The van der Waals surface area contributed by atoms with Gasteiger partial charge in [-0.25, -0.2) is 13.8 Å². The number of hydrogen-bond acceptors (Lipinski definition) is 6. The Morgan fingerprint density at radius 2 is 1.74 bits per heavy atom. The summed E-state index contributed by atoms with van der Waals surface area (Å²) < 4.78 is 31.3. The molecule has 3 heterocycles. The number of halogens is 2. The van der Waals surface area contributed by atoms with E-state index in [0.717, 1.165) is 53.8 Å². The number of anilines is 2. The Kier molecular flexibility index (Phi) is 5.56. The molecule has 9 nitrogen and oxygen atoms in total. The van der Waals surface area contributed by atoms with E-state index < -0.39 is 28.8 Å². The van der Waals surface area contributed by atoms with Crippen LogP contribution in [0.3, 0.4) is 0 Å². The maximum Gasteiger partial charge on any atom is 0.276 e. The number of rotatable bonds is 5. The van der Waals surface area contributed by atoms with Crippen LogP contribution in [0.2, 0.25) is 0 Å². The number of carbonyl (C=O) groups is 1. The molecule has 2 fully saturated rings. The van der Waals surface area contributed by atoms with Crippen molar-refractivity contribution in [2.24, 2.45) is 24.6 Å². The van der Waals surface area contributed by atoms with Crippen LogP contribution in [0.25, 0.3) is 16.7 Å². The first-order chi connectivity index (χ1) is 18.2. The predicted molar refractivity (Wildman–Crippen MR) is 140 cm³/mol. The SMILES string of the molecule is CC(C)c1nc2c(N3CC4[C@@H](N)[C@@H]4C3)c(NC(=O)c3ccc(=O)n(-c4c(F)cccc4F)n3)ccc2n1C. The average Bonchev–Trinajstić information content (AvgIpc) is 3.20. The van der Waals surface area contributed by atoms with Crippen LogP contribution in [0, 0.1) is 23.5 Å². The summed E-state index contributed by atoms with van der Waals surface area (Å²) in [7, 11) is 1.97. The van der Waals surface area contributed by atoms with Crippen molar-refractivity contribution in [3.63, 3.8) is 0 Å². The zero-order valence-corrected chi connectivity index (χ0v) is 21.2. The highest BCUT2D eigenvalue weighted by Crippen LogP contribution is 2.48. The van der Waals surface area contributed by atoms with Crippen molar-refractivity contribution in [2.75, 3.05) is 23.3 Å². The molecule has 2 aromatic carbocycles. The molecule has 3 atom stereocenters. The number of fused-ring (bicyclic) bond motifs is 2. The number of hydrogen-bond donors (Lipinski definition) is 2. The van der Waals surface area contributed by atoms with Gasteiger partial charge in [-0.3, -0.25) is 9.59 Å². The van der Waals surface area contributed by atoms with Crippen molar-refractivity contribution in [3.8, 4) is 5.69 Å². The smallest absolute Gasteiger partial charge is 0.276 e. The first-order valence-corrected chi connectivity index (χ1v) is 12.5. The molecule has 196 valence electrons. The monoisotopic (exact) mass is 519 g/mol. The molecule has 0 spiro atoms. The normalized spacial score (nSPS) is 20.3. The molecule has 1 unspecified atom stereocenters. The molecule has 2 aliphatic rings. The molecule has 0 radical (unpaired) electrons. The lowest BCUT2D eigenvalue weighted by Gasteiger charge is -2.25. The van der Waals surface area contributed by atoms with E-state index in [2.05, 4.69) is 33.7 Å². The van der Waals surface area contributed by atoms with Crippen LogP contribution < -0.4 is 21.5 Å². The number of nitrogens with two attached hydrogens (primary N) is 1. The van der Waals surface area contributed by atoms with Crippen LogP contribution in [0.15, 0.2) is 47.3 Å². The molecule has 3 N–H and O–H groups in total. The summed E-state index contributed by atoms with van der Waals surface area (Å²) in [6.07, 6.45) is 0. The van der Waals surface area contributed by atoms with Gasteiger partial charge in [-0.2, -0.15) is 9.78 Å². The van der Waals surface area contributed by atoms with E-state index in [9.17, 15) is 18.4 Å². The van der Waals surface area contributed by atoms with Crippen LogP contribution in [0.1, 0.15) is 36.1 Å². The third kappa shape index (κ3) is 3.76. The topological polar surface area (TPSA) is 111 Å². The van der Waals surface area contributed by atoms with Crippen molar-refractivity contribution >= 4 is 28.3 Å². The summed E-state index contributed by atoms with van der Waals surface area (Å²) in [5.74, 6) is -0.629. The molecule has 11 heteroatoms. The first-order valence-electron chi connectivity index (χ1n) is 12.5. The van der Waals surface area contributed by atoms with E-state index in [1.54, 1.807) is 0 Å². The van der Waals surface area contributed by atoms with Crippen molar-refractivity contribution < 1.29 is 13.6 Å². The highest BCUT2D eigenvalue weighted by molar-refractivity contribution is 6.08. The second-order valence-electron chi connectivity index (χ2n) is 10.3. The summed E-state index contributed by atoms with van der Waals surface area (Å²) >= 11 is 0. The summed E-state index contributed by atoms with van der Waals surface area (Å²) in [5.41, 5.74) is 7.63. The number of imidazole rings is 1. The molecular weight excluding hydrogens is 492 g/mol. The summed E-state index contributed by atoms with van der Waals surface area (Å²) in [5, 5.41) is 6.88. The zero-order valence-electron chi connectivity index (χ0n) is 21.2. The summed E-state index contributed by atoms with van der Waals surface area (Å²) in [6, 6.07) is 9.43. The number of aryl methyl sites for hydroxylation is 1. The standard InChI is InChI=1S/C27H27F2N7O2/c1-13(2)26-32-23-20(34(26)3)9-7-18(25(23)35-11-14-15(12-35)22(14)30)31-27(38)19-8-10-21(37)36(33-19)24-16(28)5-4-6-17(24)29/h4-10,13-15,22H,11-12,30H2,1-3H3,(H,31,38)/t14-,15?,22+/m1/s1. The third-order valence-corrected chi connectivity index (χ3v) is 7.58. The molecule has 1 saturated carbocycles. The quantitative estimate of drug-likeness (QED) is 0.419. The molecule has 1 aliphatic heterocycles. The number of amides is 1. The molecule has 38 heavy (non-hydrogen) atoms. The van der Waals surface area contributed by atoms with Gasteiger partial charge in [0, 0.05) is 38.2 Å². The third-order valence-electron chi connectivity index (χ3n) is 7.58. The van der Waals surface area contributed by atoms with Gasteiger partial charge in [-0.15, -0.1) is 0 Å². The lowest BCUT2D eigenvalue weighted by atomic mass is 10.2. The summed E-state index contributed by atoms with van der Waals surface area (Å²) in [6.45, 7) is 5.67. The van der Waals surface area contributed by atoms with Crippen LogP contribution in [0.5, 0.6) is 0 Å². The Bertz CT molecular complexity index is 1630. The number of nitrogens with one attached hydrogen (secondary N) is 1. The van der Waals surface area contributed by atoms with Gasteiger partial charge in [-0.1, -0.05) is 19.9 Å². The van der Waals surface area contributed by atoms with Gasteiger partial charge in [0.05, 0.1) is 16.9 Å². The van der Waals surface area contributed by atoms with E-state index in [4.69, 9.17) is 10.7 Å². The second kappa shape index (κ2) is 8.73. The van der Waals surface area contributed by atoms with E-state index >= 15 is 0 Å². The van der Waals surface area contributed by atoms with Crippen LogP contribution >= 0.6 is 0 Å². The number of carbonyl (C=O) groups excluding carboxylic acids is 1. The number of para-hydroxylation sites is 1. The van der Waals surface area contributed by atoms with Gasteiger partial charge in [0.1, 0.15) is 22.7 Å². The van der Waals surface area contributed by atoms with Crippen molar-refractivity contribution in [1.29, 1.82) is 0 Å². The lowest BCUT2D eigenvalue weighted by molar-refractivity contribution is 0.102. The van der Waals surface area contributed by atoms with E-state index in [1.807, 2.05) is 19.2 Å². The zero-order chi connectivity index (χ0) is 26.9. The Morgan fingerprint density at radius 3 is 2.39 bits per heavy atom. The fourth-order valence-electron chi connectivity index (χ4n) is 5.53. The maximum absolute atomic E-state index is 14.4. The molecule has 2 aromatic heterocycles. The fraction of sp³-hybridized carbons (Fsp3) is 0.333. The van der Waals surface area contributed by atoms with Crippen LogP contribution in [0.4, 0.5) is 20.2 Å². The van der Waals surface area contributed by atoms with Crippen molar-refractivity contribution in [3.05, 3.63) is 76.0 Å². The van der Waals surface area contributed by atoms with E-state index in [1.165, 1.54) is 12.1 Å². The first kappa shape index (κ1) is 24.2. The molecule has 0 bridgehead atoms. The van der Waals surface area contributed by atoms with Crippen molar-refractivity contribution in [2.45, 2.75) is 25.8 Å². The summed E-state index contributed by atoms with van der Waals surface area (Å²) in [4.78, 5) is 32.9. The largest absolute Gasteiger partial charge is 0.367 e. The van der Waals surface area contributed by atoms with Gasteiger partial charge in [-0.05, 0) is 42.2 Å². The van der Waals surface area contributed by atoms with Crippen LogP contribution in [-0.2, 0) is 7.05 Å². The van der Waals surface area contributed by atoms with Gasteiger partial charge in [0.25, 0.3) is 11.5 Å². The van der Waals surface area contributed by atoms with Gasteiger partial charge < -0.3 is 20.5 Å². The minimum atomic E-state index is -0.966. The number of nitrogens with zero attached hydrogens (tertiary/aromatic N) is 5. The molecule has 1 saturated heterocycles. The highest BCUT2D eigenvalue weighted by atomic mass is 19.1. The maximum atomic E-state index is 14.4. The van der Waals surface area contributed by atoms with Gasteiger partial charge in [0.2, 0.25) is 0 Å². The van der Waals surface area contributed by atoms with Gasteiger partial charge in [0.15, 0.2) is 11.6 Å². The molecule has 6 rings (SSSR count). The molecule has 1 amide bonds. The fourth-order valence-corrected chi connectivity index (χ4v) is 5.53. The molecule has 4 aromatic rings. The second-order valence-corrected chi connectivity index (χ2v) is 10.3.